The number of thioether (sulfide) groups is 1. The fourth-order valence-electron chi connectivity index (χ4n) is 6.37. The minimum atomic E-state index is -5.34. The lowest BCUT2D eigenvalue weighted by molar-refractivity contribution is -0.140. The number of amides is 1. The van der Waals surface area contributed by atoms with E-state index >= 15 is 0 Å². The summed E-state index contributed by atoms with van der Waals surface area (Å²) in [7, 11) is -12.9. The summed E-state index contributed by atoms with van der Waals surface area (Å²) in [6.45, 7) is 0. The maximum atomic E-state index is 14.4. The number of esters is 1. The summed E-state index contributed by atoms with van der Waals surface area (Å²) in [4.78, 5) is 64.1. The highest BCUT2D eigenvalue weighted by Crippen LogP contribution is 2.45. The number of nitrogens with zero attached hydrogens (tertiary/aromatic N) is 1. The molecule has 0 atom stereocenters. The third-order valence-electron chi connectivity index (χ3n) is 8.94. The van der Waals surface area contributed by atoms with Gasteiger partial charge in [0, 0.05) is 34.9 Å². The minimum absolute atomic E-state index is 0.00514. The topological polar surface area (TPSA) is 287 Å². The Balaban J connectivity index is 1.57. The maximum absolute atomic E-state index is 14.4. The average Bonchev–Trinajstić information content (AvgIpc) is 3.15. The first-order chi connectivity index (χ1) is 27.1. The summed E-state index contributed by atoms with van der Waals surface area (Å²) >= 11 is 0.966. The molecule has 1 aliphatic rings. The number of carbonyl (C=O) groups excluding carboxylic acids is 4. The summed E-state index contributed by atoms with van der Waals surface area (Å²) in [5, 5.41) is 4.97. The van der Waals surface area contributed by atoms with Gasteiger partial charge in [-0.25, -0.2) is 0 Å². The zero-order valence-corrected chi connectivity index (χ0v) is 33.1. The Morgan fingerprint density at radius 2 is 1.41 bits per heavy atom. The number of ketones is 2. The standard InChI is InChI=1S/C36H29N3O15S4/c1-39-25-11-10-22(37-23-15-24(38-28(40)17-55-13-12-29(41)54-2)27(58(51,52)53)16-26(23)57(48,49)50)31-32(25)30(20-8-3-4-9-21(20)35(31)43)33(36(39)44)34(42)18-6-5-7-19(14-18)56(45,46)47/h3-11,14-16,37H,12-13,17H2,1-2H3,(H,38,40)(H,45,46,47)(H,48,49,50)(H,51,52,53). The number of hydrogen-bond donors (Lipinski definition) is 5. The summed E-state index contributed by atoms with van der Waals surface area (Å²) in [5.41, 5.74) is -3.14. The summed E-state index contributed by atoms with van der Waals surface area (Å²) in [5.74, 6) is -3.26. The Hall–Kier alpha value is -5.75. The summed E-state index contributed by atoms with van der Waals surface area (Å²) < 4.78 is 110. The molecule has 22 heteroatoms. The Labute approximate surface area is 333 Å². The Bertz CT molecular complexity index is 3030. The highest BCUT2D eigenvalue weighted by atomic mass is 32.2. The zero-order chi connectivity index (χ0) is 42.5. The molecule has 1 aliphatic carbocycles. The smallest absolute Gasteiger partial charge is 0.306 e. The summed E-state index contributed by atoms with van der Waals surface area (Å²) in [6, 6.07) is 14.0. The van der Waals surface area contributed by atoms with Gasteiger partial charge in [0.15, 0.2) is 11.6 Å². The molecule has 0 fully saturated rings. The number of nitrogens with one attached hydrogen (secondary N) is 2. The first-order valence-corrected chi connectivity index (χ1v) is 21.9. The number of benzene rings is 4. The van der Waals surface area contributed by atoms with Crippen LogP contribution in [0.5, 0.6) is 0 Å². The third kappa shape index (κ3) is 8.02. The molecule has 4 aromatic carbocycles. The van der Waals surface area contributed by atoms with E-state index in [1.807, 2.05) is 0 Å². The fraction of sp³-hybridized carbons (Fsp3) is 0.139. The van der Waals surface area contributed by atoms with Crippen LogP contribution in [0, 0.1) is 0 Å². The molecule has 0 aliphatic heterocycles. The van der Waals surface area contributed by atoms with Crippen LogP contribution in [0.25, 0.3) is 22.0 Å². The van der Waals surface area contributed by atoms with Gasteiger partial charge in [-0.3, -0.25) is 37.6 Å². The molecule has 18 nitrogen and oxygen atoms in total. The maximum Gasteiger partial charge on any atom is 0.306 e. The molecular weight excluding hydrogens is 843 g/mol. The molecule has 0 radical (unpaired) electrons. The number of ether oxygens (including phenoxy) is 1. The molecule has 1 amide bonds. The van der Waals surface area contributed by atoms with Gasteiger partial charge in [0.2, 0.25) is 5.91 Å². The Morgan fingerprint density at radius 1 is 0.759 bits per heavy atom. The van der Waals surface area contributed by atoms with Crippen LogP contribution < -0.4 is 16.2 Å². The Kier molecular flexibility index (Phi) is 11.2. The molecule has 5 aromatic rings. The Morgan fingerprint density at radius 3 is 2.05 bits per heavy atom. The van der Waals surface area contributed by atoms with E-state index in [-0.39, 0.29) is 62.3 Å². The van der Waals surface area contributed by atoms with Crippen molar-refractivity contribution in [2.45, 2.75) is 21.1 Å². The molecule has 0 saturated heterocycles. The lowest BCUT2D eigenvalue weighted by Crippen LogP contribution is -2.29. The van der Waals surface area contributed by atoms with Gasteiger partial charge >= 0.3 is 5.97 Å². The van der Waals surface area contributed by atoms with Gasteiger partial charge in [0.05, 0.1) is 57.9 Å². The van der Waals surface area contributed by atoms with Gasteiger partial charge in [0.1, 0.15) is 9.79 Å². The van der Waals surface area contributed by atoms with Crippen molar-refractivity contribution in [3.05, 3.63) is 105 Å². The fourth-order valence-corrected chi connectivity index (χ4v) is 8.99. The van der Waals surface area contributed by atoms with Crippen LogP contribution in [-0.4, -0.2) is 85.5 Å². The van der Waals surface area contributed by atoms with Crippen LogP contribution in [0.1, 0.15) is 38.3 Å². The predicted octanol–water partition coefficient (Wildman–Crippen LogP) is 3.70. The number of aromatic nitrogens is 1. The van der Waals surface area contributed by atoms with E-state index < -0.39 is 91.0 Å². The lowest BCUT2D eigenvalue weighted by atomic mass is 9.80. The van der Waals surface area contributed by atoms with Crippen LogP contribution in [0.4, 0.5) is 17.1 Å². The molecule has 58 heavy (non-hydrogen) atoms. The van der Waals surface area contributed by atoms with Crippen molar-refractivity contribution < 1.29 is 62.8 Å². The molecule has 302 valence electrons. The van der Waals surface area contributed by atoms with Crippen molar-refractivity contribution in [3.8, 4) is 11.1 Å². The second-order valence-electron chi connectivity index (χ2n) is 12.5. The largest absolute Gasteiger partial charge is 0.469 e. The van der Waals surface area contributed by atoms with E-state index in [0.29, 0.717) is 6.07 Å². The lowest BCUT2D eigenvalue weighted by Gasteiger charge is -2.26. The molecule has 1 heterocycles. The van der Waals surface area contributed by atoms with Crippen molar-refractivity contribution in [2.24, 2.45) is 7.05 Å². The second kappa shape index (κ2) is 15.5. The van der Waals surface area contributed by atoms with Gasteiger partial charge < -0.3 is 19.9 Å². The SMILES string of the molecule is COC(=O)CCSCC(=O)Nc1cc(Nc2ccc3c4c2C(=O)c2ccccc2-c4c(C(=O)c2cccc(S(=O)(=O)O)c2)c(=O)n3C)c(S(=O)(=O)O)cc1S(=O)(=O)O. The number of carbonyl (C=O) groups is 4. The minimum Gasteiger partial charge on any atom is -0.469 e. The number of hydrogen-bond acceptors (Lipinski definition) is 14. The number of aryl methyl sites for hydroxylation is 1. The molecule has 5 N–H and O–H groups in total. The second-order valence-corrected chi connectivity index (χ2v) is 17.9. The van der Waals surface area contributed by atoms with Gasteiger partial charge in [-0.1, -0.05) is 36.4 Å². The number of methoxy groups -OCH3 is 1. The van der Waals surface area contributed by atoms with Crippen LogP contribution in [-0.2, 0) is 51.7 Å². The van der Waals surface area contributed by atoms with Crippen molar-refractivity contribution in [3.63, 3.8) is 0 Å². The van der Waals surface area contributed by atoms with E-state index in [1.165, 1.54) is 56.6 Å². The molecule has 0 unspecified atom stereocenters. The molecular formula is C36H29N3O15S4. The number of rotatable bonds is 13. The van der Waals surface area contributed by atoms with E-state index in [2.05, 4.69) is 15.4 Å². The van der Waals surface area contributed by atoms with E-state index in [9.17, 15) is 62.9 Å². The molecule has 1 aromatic heterocycles. The van der Waals surface area contributed by atoms with Crippen molar-refractivity contribution in [1.82, 2.24) is 4.57 Å². The van der Waals surface area contributed by atoms with Gasteiger partial charge in [-0.15, -0.1) is 0 Å². The van der Waals surface area contributed by atoms with Gasteiger partial charge in [0.25, 0.3) is 35.9 Å². The quantitative estimate of drug-likeness (QED) is 0.0478. The highest BCUT2D eigenvalue weighted by molar-refractivity contribution is 8.00. The average molecular weight is 872 g/mol. The van der Waals surface area contributed by atoms with Crippen molar-refractivity contribution >= 4 is 93.5 Å². The number of anilines is 3. The molecule has 6 rings (SSSR count). The van der Waals surface area contributed by atoms with E-state index in [1.54, 1.807) is 6.07 Å². The summed E-state index contributed by atoms with van der Waals surface area (Å²) in [6.07, 6.45) is -0.0497. The first-order valence-electron chi connectivity index (χ1n) is 16.4. The zero-order valence-electron chi connectivity index (χ0n) is 29.9. The first kappa shape index (κ1) is 41.9. The molecule has 0 bridgehead atoms. The highest BCUT2D eigenvalue weighted by Gasteiger charge is 2.35. The van der Waals surface area contributed by atoms with Crippen LogP contribution in [0.15, 0.2) is 92.3 Å². The third-order valence-corrected chi connectivity index (χ3v) is 12.5. The van der Waals surface area contributed by atoms with Crippen LogP contribution in [0.2, 0.25) is 0 Å². The van der Waals surface area contributed by atoms with E-state index in [4.69, 9.17) is 0 Å². The molecule has 0 spiro atoms. The number of pyridine rings is 1. The number of fused-ring (bicyclic) bond motifs is 2. The van der Waals surface area contributed by atoms with Gasteiger partial charge in [-0.2, -0.15) is 37.0 Å². The van der Waals surface area contributed by atoms with Crippen molar-refractivity contribution in [2.75, 3.05) is 29.2 Å². The van der Waals surface area contributed by atoms with E-state index in [0.717, 1.165) is 34.5 Å². The molecule has 0 saturated carbocycles. The predicted molar refractivity (Wildman–Crippen MR) is 210 cm³/mol. The van der Waals surface area contributed by atoms with Crippen molar-refractivity contribution in [1.29, 1.82) is 0 Å². The van der Waals surface area contributed by atoms with Crippen LogP contribution >= 0.6 is 11.8 Å². The van der Waals surface area contributed by atoms with Crippen LogP contribution in [0.3, 0.4) is 0 Å². The normalized spacial score (nSPS) is 12.5. The monoisotopic (exact) mass is 871 g/mol. The van der Waals surface area contributed by atoms with Gasteiger partial charge in [-0.05, 0) is 42.0 Å².